The Balaban J connectivity index is 2.39. The minimum atomic E-state index is -4.67. The van der Waals surface area contributed by atoms with Crippen molar-refractivity contribution in [2.75, 3.05) is 4.72 Å². The molecule has 118 valence electrons. The first kappa shape index (κ1) is 16.8. The van der Waals surface area contributed by atoms with Gasteiger partial charge in [-0.2, -0.15) is 13.2 Å². The van der Waals surface area contributed by atoms with E-state index in [4.69, 9.17) is 0 Å². The van der Waals surface area contributed by atoms with Gasteiger partial charge < -0.3 is 0 Å². The highest BCUT2D eigenvalue weighted by Gasteiger charge is 2.31. The Bertz CT molecular complexity index is 806. The summed E-state index contributed by atoms with van der Waals surface area (Å²) in [6.07, 6.45) is -4.67. The molecule has 0 radical (unpaired) electrons. The van der Waals surface area contributed by atoms with E-state index in [9.17, 15) is 26.0 Å². The van der Waals surface area contributed by atoms with Gasteiger partial charge in [0.05, 0.1) is 16.1 Å². The summed E-state index contributed by atoms with van der Waals surface area (Å²) in [5.41, 5.74) is -1.47. The maximum atomic E-state index is 13.6. The minimum Gasteiger partial charge on any atom is -0.277 e. The normalized spacial score (nSPS) is 12.2. The number of benzene rings is 2. The van der Waals surface area contributed by atoms with Crippen LogP contribution in [0.15, 0.2) is 51.8 Å². The number of rotatable bonds is 3. The van der Waals surface area contributed by atoms with Crippen molar-refractivity contribution in [1.82, 2.24) is 0 Å². The molecule has 2 aromatic carbocycles. The number of sulfonamides is 1. The number of hydrogen-bond acceptors (Lipinski definition) is 2. The summed E-state index contributed by atoms with van der Waals surface area (Å²) in [7, 11) is -4.34. The Kier molecular flexibility index (Phi) is 4.48. The fraction of sp³-hybridized carbons (Fsp3) is 0.0769. The number of alkyl halides is 3. The summed E-state index contributed by atoms with van der Waals surface area (Å²) in [6.45, 7) is 0. The molecule has 0 amide bonds. The van der Waals surface area contributed by atoms with Gasteiger partial charge in [-0.3, -0.25) is 4.72 Å². The van der Waals surface area contributed by atoms with Crippen molar-refractivity contribution in [3.63, 3.8) is 0 Å². The van der Waals surface area contributed by atoms with Gasteiger partial charge in [0.2, 0.25) is 0 Å². The Morgan fingerprint density at radius 1 is 1.05 bits per heavy atom. The first-order valence-corrected chi connectivity index (χ1v) is 8.02. The Morgan fingerprint density at radius 3 is 2.32 bits per heavy atom. The largest absolute Gasteiger partial charge is 0.416 e. The Morgan fingerprint density at radius 2 is 1.73 bits per heavy atom. The molecule has 0 spiro atoms. The molecule has 2 aromatic rings. The smallest absolute Gasteiger partial charge is 0.277 e. The van der Waals surface area contributed by atoms with E-state index in [2.05, 4.69) is 15.9 Å². The molecule has 0 unspecified atom stereocenters. The van der Waals surface area contributed by atoms with E-state index in [-0.39, 0.29) is 5.69 Å². The third-order valence-corrected chi connectivity index (χ3v) is 4.50. The van der Waals surface area contributed by atoms with Gasteiger partial charge in [0.15, 0.2) is 0 Å². The lowest BCUT2D eigenvalue weighted by atomic mass is 10.2. The molecule has 22 heavy (non-hydrogen) atoms. The Labute approximate surface area is 132 Å². The topological polar surface area (TPSA) is 46.2 Å². The van der Waals surface area contributed by atoms with E-state index < -0.39 is 32.5 Å². The number of halogens is 5. The minimum absolute atomic E-state index is 0.361. The van der Waals surface area contributed by atoms with E-state index in [0.717, 1.165) is 30.3 Å². The van der Waals surface area contributed by atoms with Gasteiger partial charge in [0.25, 0.3) is 10.0 Å². The fourth-order valence-corrected chi connectivity index (χ4v) is 3.06. The van der Waals surface area contributed by atoms with Crippen molar-refractivity contribution in [3.8, 4) is 0 Å². The molecule has 3 nitrogen and oxygen atoms in total. The predicted octanol–water partition coefficient (Wildman–Crippen LogP) is 4.41. The van der Waals surface area contributed by atoms with Crippen molar-refractivity contribution in [2.24, 2.45) is 0 Å². The first-order chi connectivity index (χ1) is 10.1. The van der Waals surface area contributed by atoms with Crippen LogP contribution in [0.3, 0.4) is 0 Å². The van der Waals surface area contributed by atoms with Crippen LogP contribution in [0, 0.1) is 5.82 Å². The Hall–Kier alpha value is -1.61. The zero-order valence-corrected chi connectivity index (χ0v) is 13.1. The lowest BCUT2D eigenvalue weighted by Crippen LogP contribution is -2.15. The van der Waals surface area contributed by atoms with Gasteiger partial charge in [-0.1, -0.05) is 22.0 Å². The highest BCUT2D eigenvalue weighted by molar-refractivity contribution is 9.10. The lowest BCUT2D eigenvalue weighted by Gasteiger charge is -2.11. The van der Waals surface area contributed by atoms with Crippen LogP contribution in [0.4, 0.5) is 23.2 Å². The quantitative estimate of drug-likeness (QED) is 0.779. The van der Waals surface area contributed by atoms with Crippen LogP contribution < -0.4 is 4.72 Å². The van der Waals surface area contributed by atoms with Gasteiger partial charge in [-0.15, -0.1) is 0 Å². The van der Waals surface area contributed by atoms with Crippen molar-refractivity contribution in [3.05, 3.63) is 58.3 Å². The van der Waals surface area contributed by atoms with Crippen molar-refractivity contribution < 1.29 is 26.0 Å². The van der Waals surface area contributed by atoms with Crippen LogP contribution in [-0.4, -0.2) is 8.42 Å². The SMILES string of the molecule is O=S(=O)(Nc1ccc(Br)cc1F)c1cccc(C(F)(F)F)c1. The van der Waals surface area contributed by atoms with E-state index in [1.807, 2.05) is 4.72 Å². The molecule has 0 fully saturated rings. The van der Waals surface area contributed by atoms with Crippen LogP contribution in [-0.2, 0) is 16.2 Å². The van der Waals surface area contributed by atoms with Crippen LogP contribution >= 0.6 is 15.9 Å². The highest BCUT2D eigenvalue weighted by atomic mass is 79.9. The van der Waals surface area contributed by atoms with Crippen LogP contribution in [0.2, 0.25) is 0 Å². The maximum absolute atomic E-state index is 13.6. The molecule has 0 saturated heterocycles. The zero-order chi connectivity index (χ0) is 16.5. The summed E-state index contributed by atoms with van der Waals surface area (Å²) in [4.78, 5) is -0.607. The highest BCUT2D eigenvalue weighted by Crippen LogP contribution is 2.31. The lowest BCUT2D eigenvalue weighted by molar-refractivity contribution is -0.137. The average molecular weight is 398 g/mol. The standard InChI is InChI=1S/C13H8BrF4NO2S/c14-9-4-5-12(11(15)7-9)19-22(20,21)10-3-1-2-8(6-10)13(16,17)18/h1-7,19H. The average Bonchev–Trinajstić information content (AvgIpc) is 2.41. The predicted molar refractivity (Wildman–Crippen MR) is 76.4 cm³/mol. The van der Waals surface area contributed by atoms with Gasteiger partial charge in [-0.25, -0.2) is 12.8 Å². The fourth-order valence-electron chi connectivity index (χ4n) is 1.62. The molecule has 0 aliphatic carbocycles. The number of anilines is 1. The summed E-state index contributed by atoms with van der Waals surface area (Å²) in [6, 6.07) is 6.78. The maximum Gasteiger partial charge on any atom is 0.416 e. The second-order valence-electron chi connectivity index (χ2n) is 4.26. The van der Waals surface area contributed by atoms with E-state index >= 15 is 0 Å². The molecular weight excluding hydrogens is 390 g/mol. The van der Waals surface area contributed by atoms with E-state index in [0.29, 0.717) is 10.5 Å². The second kappa shape index (κ2) is 5.88. The third kappa shape index (κ3) is 3.77. The van der Waals surface area contributed by atoms with Gasteiger partial charge in [0.1, 0.15) is 5.82 Å². The van der Waals surface area contributed by atoms with Crippen LogP contribution in [0.5, 0.6) is 0 Å². The number of nitrogens with one attached hydrogen (secondary N) is 1. The molecule has 0 aliphatic heterocycles. The second-order valence-corrected chi connectivity index (χ2v) is 6.85. The molecule has 0 saturated carbocycles. The molecule has 0 heterocycles. The van der Waals surface area contributed by atoms with Crippen LogP contribution in [0.1, 0.15) is 5.56 Å². The molecule has 0 bridgehead atoms. The summed E-state index contributed by atoms with van der Waals surface area (Å²) < 4.78 is 77.9. The molecule has 0 aliphatic rings. The molecule has 0 aromatic heterocycles. The van der Waals surface area contributed by atoms with Crippen molar-refractivity contribution >= 4 is 31.6 Å². The molecule has 1 N–H and O–H groups in total. The van der Waals surface area contributed by atoms with Crippen molar-refractivity contribution in [1.29, 1.82) is 0 Å². The molecule has 0 atom stereocenters. The van der Waals surface area contributed by atoms with Crippen LogP contribution in [0.25, 0.3) is 0 Å². The van der Waals surface area contributed by atoms with Gasteiger partial charge in [-0.05, 0) is 36.4 Å². The van der Waals surface area contributed by atoms with Gasteiger partial charge >= 0.3 is 6.18 Å². The molecular formula is C13H8BrF4NO2S. The van der Waals surface area contributed by atoms with Gasteiger partial charge in [0, 0.05) is 4.47 Å². The van der Waals surface area contributed by atoms with E-state index in [1.165, 1.54) is 6.07 Å². The zero-order valence-electron chi connectivity index (χ0n) is 10.7. The number of hydrogen-bond donors (Lipinski definition) is 1. The molecule has 9 heteroatoms. The summed E-state index contributed by atoms with van der Waals surface area (Å²) in [5.74, 6) is -0.857. The third-order valence-electron chi connectivity index (χ3n) is 2.65. The van der Waals surface area contributed by atoms with Crippen molar-refractivity contribution in [2.45, 2.75) is 11.1 Å². The summed E-state index contributed by atoms with van der Waals surface area (Å²) in [5, 5.41) is 0. The summed E-state index contributed by atoms with van der Waals surface area (Å²) >= 11 is 3.01. The monoisotopic (exact) mass is 397 g/mol. The van der Waals surface area contributed by atoms with E-state index in [1.54, 1.807) is 0 Å². The molecule has 2 rings (SSSR count). The first-order valence-electron chi connectivity index (χ1n) is 5.75.